The number of nitrogens with two attached hydrogens (primary N) is 1. The molecular formula is C27H23F4N7O3. The first-order chi connectivity index (χ1) is 19.6. The van der Waals surface area contributed by atoms with Crippen LogP contribution in [-0.2, 0) is 20.4 Å². The number of aliphatic imine (C=N–C) groups is 2. The Morgan fingerprint density at radius 1 is 1.15 bits per heavy atom. The van der Waals surface area contributed by atoms with Gasteiger partial charge in [-0.1, -0.05) is 42.5 Å². The van der Waals surface area contributed by atoms with Crippen molar-refractivity contribution in [1.82, 2.24) is 4.98 Å². The van der Waals surface area contributed by atoms with E-state index >= 15 is 0 Å². The number of hydrogen-bond donors (Lipinski definition) is 3. The van der Waals surface area contributed by atoms with Gasteiger partial charge in [0.2, 0.25) is 12.1 Å². The average Bonchev–Trinajstić information content (AvgIpc) is 3.10. The highest BCUT2D eigenvalue weighted by atomic mass is 19.4. The number of halogens is 4. The molecule has 0 aliphatic carbocycles. The van der Waals surface area contributed by atoms with Gasteiger partial charge in [-0.25, -0.2) is 14.4 Å². The van der Waals surface area contributed by atoms with Crippen LogP contribution in [0.1, 0.15) is 22.4 Å². The van der Waals surface area contributed by atoms with Crippen molar-refractivity contribution >= 4 is 34.9 Å². The first-order valence-electron chi connectivity index (χ1n) is 12.3. The van der Waals surface area contributed by atoms with Crippen molar-refractivity contribution in [2.45, 2.75) is 12.3 Å². The Morgan fingerprint density at radius 3 is 2.59 bits per heavy atom. The number of ether oxygens (including phenoxy) is 2. The minimum Gasteiger partial charge on any atom is -0.405 e. The highest BCUT2D eigenvalue weighted by molar-refractivity contribution is 6.19. The third kappa shape index (κ3) is 6.01. The summed E-state index contributed by atoms with van der Waals surface area (Å²) < 4.78 is 65.5. The Morgan fingerprint density at radius 2 is 1.88 bits per heavy atom. The number of amidine groups is 1. The number of carbonyl (C=O) groups is 1. The molecule has 2 aliphatic rings. The number of anilines is 2. The average molecular weight is 570 g/mol. The molecule has 1 amide bonds. The largest absolute Gasteiger partial charge is 0.417 e. The Kier molecular flexibility index (Phi) is 7.66. The van der Waals surface area contributed by atoms with Crippen LogP contribution in [0.5, 0.6) is 0 Å². The lowest BCUT2D eigenvalue weighted by atomic mass is 10.0. The smallest absolute Gasteiger partial charge is 0.405 e. The van der Waals surface area contributed by atoms with Crippen LogP contribution in [0, 0.1) is 11.2 Å². The zero-order valence-corrected chi connectivity index (χ0v) is 21.3. The fourth-order valence-electron chi connectivity index (χ4n) is 4.33. The fourth-order valence-corrected chi connectivity index (χ4v) is 4.33. The molecule has 1 fully saturated rings. The van der Waals surface area contributed by atoms with E-state index in [2.05, 4.69) is 20.3 Å². The van der Waals surface area contributed by atoms with Gasteiger partial charge in [0, 0.05) is 30.4 Å². The second kappa shape index (κ2) is 11.3. The maximum atomic E-state index is 14.7. The SMILES string of the molecule is N=C(OC(N)=N[C@H]1N=C(c2ccccc2)c2cccc(F)c2NC1=O)c1ncc(C(F)(F)F)cc1N1CCOCC1. The van der Waals surface area contributed by atoms with Gasteiger partial charge in [-0.3, -0.25) is 10.2 Å². The number of fused-ring (bicyclic) bond motifs is 1. The molecule has 1 aromatic heterocycles. The third-order valence-corrected chi connectivity index (χ3v) is 6.27. The van der Waals surface area contributed by atoms with E-state index in [-0.39, 0.29) is 49.1 Å². The van der Waals surface area contributed by atoms with Crippen LogP contribution in [0.15, 0.2) is 70.8 Å². The lowest BCUT2D eigenvalue weighted by Crippen LogP contribution is -2.38. The van der Waals surface area contributed by atoms with Crippen molar-refractivity contribution in [3.63, 3.8) is 0 Å². The van der Waals surface area contributed by atoms with Gasteiger partial charge in [0.1, 0.15) is 11.5 Å². The number of carbonyl (C=O) groups excluding carboxylic acids is 1. The molecule has 4 N–H and O–H groups in total. The van der Waals surface area contributed by atoms with Gasteiger partial charge in [-0.15, -0.1) is 0 Å². The quantitative estimate of drug-likeness (QED) is 0.250. The summed E-state index contributed by atoms with van der Waals surface area (Å²) in [6.45, 7) is 1.08. The lowest BCUT2D eigenvalue weighted by Gasteiger charge is -2.30. The topological polar surface area (TPSA) is 138 Å². The van der Waals surface area contributed by atoms with Gasteiger partial charge in [-0.05, 0) is 12.1 Å². The van der Waals surface area contributed by atoms with Crippen LogP contribution in [0.4, 0.5) is 28.9 Å². The number of para-hydroxylation sites is 1. The summed E-state index contributed by atoms with van der Waals surface area (Å²) >= 11 is 0. The minimum atomic E-state index is -4.66. The standard InChI is InChI=1S/C27H23F4N7O3/c28-18-8-4-7-17-20(15-5-2-1-3-6-15)35-24(25(39)36-21(17)18)37-26(33)41-23(32)22-19(38-9-11-40-12-10-38)13-16(14-34-22)27(29,30)31/h1-8,13-14,24,32H,9-12H2,(H2,33,37)(H,36,39)/t24-/m1/s1. The van der Waals surface area contributed by atoms with Gasteiger partial charge >= 0.3 is 6.18 Å². The maximum absolute atomic E-state index is 14.7. The molecule has 2 aliphatic heterocycles. The number of amides is 1. The number of rotatable bonds is 4. The lowest BCUT2D eigenvalue weighted by molar-refractivity contribution is -0.137. The molecule has 2 aromatic carbocycles. The highest BCUT2D eigenvalue weighted by Crippen LogP contribution is 2.33. The van der Waals surface area contributed by atoms with Crippen LogP contribution < -0.4 is 16.0 Å². The summed E-state index contributed by atoms with van der Waals surface area (Å²) in [6.07, 6.45) is -5.61. The minimum absolute atomic E-state index is 0.00319. The summed E-state index contributed by atoms with van der Waals surface area (Å²) in [5.74, 6) is -2.20. The normalized spacial score (nSPS) is 17.7. The van der Waals surface area contributed by atoms with E-state index in [1.54, 1.807) is 41.3 Å². The van der Waals surface area contributed by atoms with Crippen LogP contribution in [0.25, 0.3) is 0 Å². The summed E-state index contributed by atoms with van der Waals surface area (Å²) in [5.41, 5.74) is 5.78. The van der Waals surface area contributed by atoms with Gasteiger partial charge in [-0.2, -0.15) is 18.2 Å². The summed E-state index contributed by atoms with van der Waals surface area (Å²) in [4.78, 5) is 26.8. The predicted octanol–water partition coefficient (Wildman–Crippen LogP) is 3.55. The van der Waals surface area contributed by atoms with Crippen LogP contribution in [0.3, 0.4) is 0 Å². The maximum Gasteiger partial charge on any atom is 0.417 e. The van der Waals surface area contributed by atoms with Gasteiger partial charge in [0.25, 0.3) is 11.9 Å². The van der Waals surface area contributed by atoms with Crippen molar-refractivity contribution in [3.8, 4) is 0 Å². The number of nitrogens with zero attached hydrogens (tertiary/aromatic N) is 4. The van der Waals surface area contributed by atoms with E-state index < -0.39 is 41.5 Å². The first kappa shape index (κ1) is 27.7. The summed E-state index contributed by atoms with van der Waals surface area (Å²) in [6, 6.07) is 13.2. The molecule has 5 rings (SSSR count). The molecular weight excluding hydrogens is 546 g/mol. The van der Waals surface area contributed by atoms with Gasteiger partial charge < -0.3 is 25.4 Å². The molecule has 14 heteroatoms. The van der Waals surface area contributed by atoms with Crippen molar-refractivity contribution in [2.75, 3.05) is 36.5 Å². The zero-order chi connectivity index (χ0) is 29.1. The second-order valence-electron chi connectivity index (χ2n) is 8.96. The highest BCUT2D eigenvalue weighted by Gasteiger charge is 2.34. The van der Waals surface area contributed by atoms with E-state index in [0.717, 1.165) is 6.07 Å². The number of alkyl halides is 3. The molecule has 212 valence electrons. The van der Waals surface area contributed by atoms with E-state index in [1.165, 1.54) is 12.1 Å². The summed E-state index contributed by atoms with van der Waals surface area (Å²) in [7, 11) is 0. The van der Waals surface area contributed by atoms with E-state index in [0.29, 0.717) is 17.3 Å². The zero-order valence-electron chi connectivity index (χ0n) is 21.3. The van der Waals surface area contributed by atoms with Crippen LogP contribution >= 0.6 is 0 Å². The number of nitrogens with one attached hydrogen (secondary N) is 2. The number of benzene rings is 2. The van der Waals surface area contributed by atoms with Crippen molar-refractivity contribution in [1.29, 1.82) is 5.41 Å². The Hall–Kier alpha value is -4.85. The Balaban J connectivity index is 1.47. The van der Waals surface area contributed by atoms with Crippen molar-refractivity contribution < 1.29 is 31.8 Å². The molecule has 0 saturated carbocycles. The van der Waals surface area contributed by atoms with Gasteiger partial charge in [0.15, 0.2) is 0 Å². The molecule has 3 aromatic rings. The van der Waals surface area contributed by atoms with E-state index in [1.807, 2.05) is 0 Å². The molecule has 0 radical (unpaired) electrons. The molecule has 3 heterocycles. The van der Waals surface area contributed by atoms with Crippen LogP contribution in [-0.4, -0.2) is 61.0 Å². The molecule has 1 saturated heterocycles. The van der Waals surface area contributed by atoms with E-state index in [9.17, 15) is 22.4 Å². The second-order valence-corrected chi connectivity index (χ2v) is 8.96. The Bertz CT molecular complexity index is 1540. The van der Waals surface area contributed by atoms with Crippen molar-refractivity contribution in [2.24, 2.45) is 15.7 Å². The molecule has 1 atom stereocenters. The molecule has 0 unspecified atom stereocenters. The number of benzodiazepines with no additional fused rings is 1. The van der Waals surface area contributed by atoms with Crippen LogP contribution in [0.2, 0.25) is 0 Å². The number of morpholine rings is 1. The number of aromatic nitrogens is 1. The third-order valence-electron chi connectivity index (χ3n) is 6.27. The molecule has 0 bridgehead atoms. The number of pyridine rings is 1. The molecule has 10 nitrogen and oxygen atoms in total. The van der Waals surface area contributed by atoms with Crippen molar-refractivity contribution in [3.05, 3.63) is 89.0 Å². The Labute approximate surface area is 231 Å². The van der Waals surface area contributed by atoms with Gasteiger partial charge in [0.05, 0.1) is 35.9 Å². The molecule has 41 heavy (non-hydrogen) atoms. The first-order valence-corrected chi connectivity index (χ1v) is 12.3. The number of hydrogen-bond acceptors (Lipinski definition) is 8. The fraction of sp³-hybridized carbons (Fsp3) is 0.222. The van der Waals surface area contributed by atoms with E-state index in [4.69, 9.17) is 20.6 Å². The monoisotopic (exact) mass is 569 g/mol. The predicted molar refractivity (Wildman–Crippen MR) is 143 cm³/mol. The summed E-state index contributed by atoms with van der Waals surface area (Å²) in [5, 5.41) is 10.9. The molecule has 0 spiro atoms.